The summed E-state index contributed by atoms with van der Waals surface area (Å²) in [7, 11) is -4.34. The summed E-state index contributed by atoms with van der Waals surface area (Å²) in [5.74, 6) is -4.15. The highest BCUT2D eigenvalue weighted by atomic mass is 32.2. The van der Waals surface area contributed by atoms with Crippen LogP contribution in [-0.4, -0.2) is 46.2 Å². The lowest BCUT2D eigenvalue weighted by Gasteiger charge is -2.32. The van der Waals surface area contributed by atoms with Gasteiger partial charge < -0.3 is 18.8 Å². The van der Waals surface area contributed by atoms with E-state index in [0.717, 1.165) is 0 Å². The first-order valence-corrected chi connectivity index (χ1v) is 12.0. The lowest BCUT2D eigenvalue weighted by molar-refractivity contribution is 0.00578. The van der Waals surface area contributed by atoms with E-state index in [-0.39, 0.29) is 18.0 Å². The highest BCUT2D eigenvalue weighted by Gasteiger charge is 2.51. The zero-order valence-electron chi connectivity index (χ0n) is 19.5. The normalized spacial score (nSPS) is 18.2. The van der Waals surface area contributed by atoms with Crippen molar-refractivity contribution in [3.05, 3.63) is 53.8 Å². The van der Waals surface area contributed by atoms with Gasteiger partial charge in [0.15, 0.2) is 0 Å². The molecule has 0 aromatic heterocycles. The fraction of sp³-hybridized carbons (Fsp3) is 0.455. The van der Waals surface area contributed by atoms with Crippen LogP contribution in [0.25, 0.3) is 0 Å². The number of hydrogen-bond acceptors (Lipinski definition) is 6. The number of alkyl halides is 2. The van der Waals surface area contributed by atoms with Crippen LogP contribution < -0.4 is 14.9 Å². The third-order valence-electron chi connectivity index (χ3n) is 5.85. The summed E-state index contributed by atoms with van der Waals surface area (Å²) in [6.45, 7) is 7.52. The Kier molecular flexibility index (Phi) is 7.56. The Hall–Kier alpha value is -2.28. The van der Waals surface area contributed by atoms with Crippen molar-refractivity contribution < 1.29 is 40.4 Å². The predicted octanol–water partition coefficient (Wildman–Crippen LogP) is 3.86. The number of methoxy groups -OCH3 is 1. The molecule has 2 aromatic rings. The molecule has 1 aliphatic rings. The molecule has 0 spiro atoms. The number of ether oxygens (including phenoxy) is 2. The van der Waals surface area contributed by atoms with Crippen molar-refractivity contribution in [3.8, 4) is 5.75 Å². The standard InChI is InChI=1S/C22H27BF3NO6S/c1-21(2)22(3,4)33-23(32-21)15-8-11-17(27-34(28,29)20(25)26)18(12-15)31-19(13-30-5)14-6-9-16(24)10-7-14/h6-12,19-20,27H,13H2,1-5H3. The number of anilines is 1. The zero-order chi connectivity index (χ0) is 25.3. The Morgan fingerprint density at radius 1 is 1.03 bits per heavy atom. The van der Waals surface area contributed by atoms with Crippen molar-refractivity contribution in [2.45, 2.75) is 50.8 Å². The Bertz CT molecular complexity index is 1100. The average Bonchev–Trinajstić information content (AvgIpc) is 2.96. The molecule has 1 unspecified atom stereocenters. The highest BCUT2D eigenvalue weighted by molar-refractivity contribution is 7.93. The molecule has 186 valence electrons. The van der Waals surface area contributed by atoms with Crippen molar-refractivity contribution in [2.75, 3.05) is 18.4 Å². The minimum atomic E-state index is -4.97. The lowest BCUT2D eigenvalue weighted by atomic mass is 9.79. The molecule has 1 N–H and O–H groups in total. The summed E-state index contributed by atoms with van der Waals surface area (Å²) in [5.41, 5.74) is -0.456. The van der Waals surface area contributed by atoms with Gasteiger partial charge in [-0.2, -0.15) is 8.78 Å². The molecule has 7 nitrogen and oxygen atoms in total. The summed E-state index contributed by atoms with van der Waals surface area (Å²) in [4.78, 5) is 0. The van der Waals surface area contributed by atoms with Crippen molar-refractivity contribution in [3.63, 3.8) is 0 Å². The maximum absolute atomic E-state index is 13.4. The van der Waals surface area contributed by atoms with Crippen LogP contribution in [0.2, 0.25) is 0 Å². The van der Waals surface area contributed by atoms with E-state index in [1.165, 1.54) is 49.6 Å². The average molecular weight is 501 g/mol. The Balaban J connectivity index is 2.01. The second kappa shape index (κ2) is 9.77. The molecule has 1 heterocycles. The molecular weight excluding hydrogens is 474 g/mol. The number of halogens is 3. The predicted molar refractivity (Wildman–Crippen MR) is 122 cm³/mol. The van der Waals surface area contributed by atoms with Crippen LogP contribution in [0.1, 0.15) is 39.4 Å². The van der Waals surface area contributed by atoms with Gasteiger partial charge in [0.05, 0.1) is 23.5 Å². The van der Waals surface area contributed by atoms with Crippen LogP contribution in [0.5, 0.6) is 5.75 Å². The van der Waals surface area contributed by atoms with Crippen molar-refractivity contribution in [1.29, 1.82) is 0 Å². The third kappa shape index (κ3) is 5.68. The van der Waals surface area contributed by atoms with Gasteiger partial charge in [-0.3, -0.25) is 4.72 Å². The molecule has 1 fully saturated rings. The fourth-order valence-corrected chi connectivity index (χ4v) is 3.79. The van der Waals surface area contributed by atoms with Crippen molar-refractivity contribution in [1.82, 2.24) is 0 Å². The molecule has 3 rings (SSSR count). The maximum atomic E-state index is 13.4. The molecule has 0 bridgehead atoms. The van der Waals surface area contributed by atoms with Gasteiger partial charge in [-0.1, -0.05) is 18.2 Å². The first-order valence-electron chi connectivity index (χ1n) is 10.5. The monoisotopic (exact) mass is 501 g/mol. The Labute approximate surface area is 197 Å². The molecule has 12 heteroatoms. The van der Waals surface area contributed by atoms with Crippen LogP contribution >= 0.6 is 0 Å². The minimum Gasteiger partial charge on any atom is -0.481 e. The molecule has 1 saturated heterocycles. The smallest absolute Gasteiger partial charge is 0.481 e. The SMILES string of the molecule is COCC(Oc1cc(B2OC(C)(C)C(C)(C)O2)ccc1NS(=O)(=O)C(F)F)c1ccc(F)cc1. The zero-order valence-corrected chi connectivity index (χ0v) is 20.3. The van der Waals surface area contributed by atoms with E-state index in [9.17, 15) is 21.6 Å². The first kappa shape index (κ1) is 26.3. The van der Waals surface area contributed by atoms with E-state index in [1.54, 1.807) is 0 Å². The quantitative estimate of drug-likeness (QED) is 0.526. The number of nitrogens with one attached hydrogen (secondary N) is 1. The van der Waals surface area contributed by atoms with Crippen molar-refractivity contribution >= 4 is 28.3 Å². The summed E-state index contributed by atoms with van der Waals surface area (Å²) in [6, 6.07) is 9.70. The molecule has 0 aliphatic carbocycles. The molecule has 0 radical (unpaired) electrons. The first-order chi connectivity index (χ1) is 15.8. The second-order valence-electron chi connectivity index (χ2n) is 8.86. The van der Waals surface area contributed by atoms with E-state index in [2.05, 4.69) is 0 Å². The van der Waals surface area contributed by atoms with Crippen LogP contribution in [-0.2, 0) is 24.1 Å². The van der Waals surface area contributed by atoms with E-state index >= 15 is 0 Å². The van der Waals surface area contributed by atoms with E-state index in [1.807, 2.05) is 32.4 Å². The van der Waals surface area contributed by atoms with Crippen LogP contribution in [0.4, 0.5) is 18.9 Å². The molecule has 0 amide bonds. The summed E-state index contributed by atoms with van der Waals surface area (Å²) in [6.07, 6.45) is -0.797. The fourth-order valence-electron chi connectivity index (χ4n) is 3.22. The van der Waals surface area contributed by atoms with Crippen LogP contribution in [0.3, 0.4) is 0 Å². The molecule has 1 aliphatic heterocycles. The summed E-state index contributed by atoms with van der Waals surface area (Å²) < 4.78 is 88.3. The molecular formula is C22H27BF3NO6S. The van der Waals surface area contributed by atoms with Crippen molar-refractivity contribution in [2.24, 2.45) is 0 Å². The largest absolute Gasteiger partial charge is 0.494 e. The number of sulfonamides is 1. The minimum absolute atomic E-state index is 0.0212. The third-order valence-corrected chi connectivity index (χ3v) is 6.82. The highest BCUT2D eigenvalue weighted by Crippen LogP contribution is 2.37. The number of rotatable bonds is 9. The van der Waals surface area contributed by atoms with Gasteiger partial charge in [0.1, 0.15) is 17.7 Å². The molecule has 34 heavy (non-hydrogen) atoms. The van der Waals surface area contributed by atoms with Crippen LogP contribution in [0, 0.1) is 5.82 Å². The molecule has 1 atom stereocenters. The second-order valence-corrected chi connectivity index (χ2v) is 10.5. The maximum Gasteiger partial charge on any atom is 0.494 e. The van der Waals surface area contributed by atoms with Gasteiger partial charge in [-0.25, -0.2) is 12.8 Å². The van der Waals surface area contributed by atoms with Gasteiger partial charge in [-0.15, -0.1) is 0 Å². The van der Waals surface area contributed by atoms with Gasteiger partial charge in [0.2, 0.25) is 0 Å². The summed E-state index contributed by atoms with van der Waals surface area (Å²) >= 11 is 0. The van der Waals surface area contributed by atoms with Gasteiger partial charge >= 0.3 is 12.9 Å². The molecule has 2 aromatic carbocycles. The molecule has 0 saturated carbocycles. The van der Waals surface area contributed by atoms with Gasteiger partial charge in [0, 0.05) is 7.11 Å². The Morgan fingerprint density at radius 3 is 2.15 bits per heavy atom. The van der Waals surface area contributed by atoms with Crippen LogP contribution in [0.15, 0.2) is 42.5 Å². The van der Waals surface area contributed by atoms with E-state index < -0.39 is 46.0 Å². The van der Waals surface area contributed by atoms with Gasteiger partial charge in [-0.05, 0) is 63.0 Å². The van der Waals surface area contributed by atoms with E-state index in [0.29, 0.717) is 11.0 Å². The topological polar surface area (TPSA) is 83.1 Å². The lowest BCUT2D eigenvalue weighted by Crippen LogP contribution is -2.41. The number of benzene rings is 2. The summed E-state index contributed by atoms with van der Waals surface area (Å²) in [5, 5.41) is 0. The number of hydrogen-bond donors (Lipinski definition) is 1. The Morgan fingerprint density at radius 2 is 1.62 bits per heavy atom. The van der Waals surface area contributed by atoms with E-state index in [4.69, 9.17) is 18.8 Å². The van der Waals surface area contributed by atoms with Gasteiger partial charge in [0.25, 0.3) is 10.0 Å².